The number of aryl methyl sites for hydroxylation is 1. The van der Waals surface area contributed by atoms with Gasteiger partial charge in [0, 0.05) is 12.2 Å². The van der Waals surface area contributed by atoms with Crippen LogP contribution in [0, 0.1) is 40.5 Å². The van der Waals surface area contributed by atoms with Gasteiger partial charge in [-0.05, 0) is 97.3 Å². The minimum absolute atomic E-state index is 0.393. The molecule has 4 nitrogen and oxygen atoms in total. The van der Waals surface area contributed by atoms with Crippen molar-refractivity contribution in [1.29, 1.82) is 5.26 Å². The fourth-order valence-corrected chi connectivity index (χ4v) is 6.29. The predicted octanol–water partition coefficient (Wildman–Crippen LogP) is 5.58. The zero-order chi connectivity index (χ0) is 20.4. The molecule has 4 fully saturated rings. The maximum atomic E-state index is 9.21. The van der Waals surface area contributed by atoms with E-state index < -0.39 is 0 Å². The van der Waals surface area contributed by atoms with E-state index >= 15 is 0 Å². The monoisotopic (exact) mass is 390 g/mol. The Morgan fingerprint density at radius 3 is 2.72 bits per heavy atom. The molecule has 2 N–H and O–H groups in total. The number of hydrogen-bond donors (Lipinski definition) is 2. The maximum Gasteiger partial charge on any atom is 0.209 e. The van der Waals surface area contributed by atoms with Gasteiger partial charge < -0.3 is 5.32 Å². The largest absolute Gasteiger partial charge is 0.326 e. The van der Waals surface area contributed by atoms with Crippen LogP contribution in [-0.4, -0.2) is 12.5 Å². The smallest absolute Gasteiger partial charge is 0.209 e. The van der Waals surface area contributed by atoms with Crippen molar-refractivity contribution in [3.8, 4) is 6.19 Å². The molecule has 5 rings (SSSR count). The number of hydrogen-bond acceptors (Lipinski definition) is 2. The van der Waals surface area contributed by atoms with E-state index in [0.717, 1.165) is 42.0 Å². The summed E-state index contributed by atoms with van der Waals surface area (Å²) in [6.07, 6.45) is 13.1. The van der Waals surface area contributed by atoms with Crippen molar-refractivity contribution in [2.45, 2.75) is 58.8 Å². The minimum Gasteiger partial charge on any atom is -0.326 e. The molecule has 0 aromatic heterocycles. The quantitative estimate of drug-likeness (QED) is 0.276. The Bertz CT molecular complexity index is 818. The number of aliphatic imine (C=N–C) groups is 1. The molecule has 4 bridgehead atoms. The van der Waals surface area contributed by atoms with Crippen molar-refractivity contribution in [1.82, 2.24) is 5.32 Å². The van der Waals surface area contributed by atoms with E-state index in [1.165, 1.54) is 44.1 Å². The number of nitrogens with one attached hydrogen (secondary N) is 2. The molecule has 4 heteroatoms. The van der Waals surface area contributed by atoms with Gasteiger partial charge in [-0.15, -0.1) is 0 Å². The molecule has 29 heavy (non-hydrogen) atoms. The van der Waals surface area contributed by atoms with E-state index in [1.54, 1.807) is 0 Å². The van der Waals surface area contributed by atoms with Crippen molar-refractivity contribution in [2.24, 2.45) is 34.1 Å². The van der Waals surface area contributed by atoms with Crippen LogP contribution in [0.1, 0.15) is 63.5 Å². The normalized spacial score (nSPS) is 29.9. The first-order valence-electron chi connectivity index (χ1n) is 11.2. The number of anilines is 1. The predicted molar refractivity (Wildman–Crippen MR) is 120 cm³/mol. The zero-order valence-corrected chi connectivity index (χ0v) is 17.9. The standard InChI is InChI=1S/C25H34N4/c1-4-20-12-23(8-7-21(20)6-5-17(2)3)29-24(28-16-26)27-15-25-13-18-9-19(14-25)11-22(25)10-18/h4,7-8,12,17-19,22H,1,5-6,9-11,13-15H2,2-3H3,(H2,27,28,29). The van der Waals surface area contributed by atoms with Gasteiger partial charge in [-0.2, -0.15) is 5.26 Å². The Morgan fingerprint density at radius 1 is 1.31 bits per heavy atom. The molecule has 2 atom stereocenters. The molecule has 0 heterocycles. The Labute approximate surface area is 175 Å². The number of benzene rings is 1. The van der Waals surface area contributed by atoms with E-state index in [4.69, 9.17) is 4.99 Å². The zero-order valence-electron chi connectivity index (χ0n) is 17.9. The summed E-state index contributed by atoms with van der Waals surface area (Å²) >= 11 is 0. The third-order valence-corrected chi connectivity index (χ3v) is 7.50. The van der Waals surface area contributed by atoms with Gasteiger partial charge in [0.05, 0.1) is 0 Å². The SMILES string of the molecule is C=Cc1cc(NC(=NCC23CC4CC(CC2C4)C3)NC#N)ccc1CCC(C)C. The summed E-state index contributed by atoms with van der Waals surface area (Å²) in [5, 5.41) is 15.3. The van der Waals surface area contributed by atoms with Crippen molar-refractivity contribution < 1.29 is 0 Å². The van der Waals surface area contributed by atoms with E-state index in [2.05, 4.69) is 49.3 Å². The van der Waals surface area contributed by atoms with Gasteiger partial charge in [0.15, 0.2) is 6.19 Å². The van der Waals surface area contributed by atoms with E-state index in [-0.39, 0.29) is 0 Å². The van der Waals surface area contributed by atoms with Gasteiger partial charge >= 0.3 is 0 Å². The highest BCUT2D eigenvalue weighted by atomic mass is 15.2. The second-order valence-electron chi connectivity index (χ2n) is 9.98. The van der Waals surface area contributed by atoms with Crippen LogP contribution in [0.15, 0.2) is 29.8 Å². The Kier molecular flexibility index (Phi) is 5.67. The summed E-state index contributed by atoms with van der Waals surface area (Å²) in [5.74, 6) is 3.96. The summed E-state index contributed by atoms with van der Waals surface area (Å²) in [6, 6.07) is 6.36. The average Bonchev–Trinajstić information content (AvgIpc) is 3.08. The van der Waals surface area contributed by atoms with Crippen molar-refractivity contribution in [2.75, 3.05) is 11.9 Å². The topological polar surface area (TPSA) is 60.2 Å². The fraction of sp³-hybridized carbons (Fsp3) is 0.600. The Hall–Kier alpha value is -2.28. The van der Waals surface area contributed by atoms with Gasteiger partial charge in [-0.3, -0.25) is 10.3 Å². The Balaban J connectivity index is 1.46. The van der Waals surface area contributed by atoms with Crippen LogP contribution in [0.3, 0.4) is 0 Å². The first-order chi connectivity index (χ1) is 14.0. The molecular formula is C25H34N4. The molecule has 2 unspecified atom stereocenters. The molecule has 4 aliphatic rings. The molecule has 4 saturated carbocycles. The second-order valence-corrected chi connectivity index (χ2v) is 9.98. The number of rotatable bonds is 7. The van der Waals surface area contributed by atoms with Crippen LogP contribution >= 0.6 is 0 Å². The van der Waals surface area contributed by atoms with Crippen LogP contribution < -0.4 is 10.6 Å². The lowest BCUT2D eigenvalue weighted by atomic mass is 9.75. The van der Waals surface area contributed by atoms with Crippen LogP contribution in [0.2, 0.25) is 0 Å². The third kappa shape index (κ3) is 4.20. The first-order valence-corrected chi connectivity index (χ1v) is 11.2. The summed E-state index contributed by atoms with van der Waals surface area (Å²) in [7, 11) is 0. The van der Waals surface area contributed by atoms with Crippen LogP contribution in [-0.2, 0) is 6.42 Å². The third-order valence-electron chi connectivity index (χ3n) is 7.50. The fourth-order valence-electron chi connectivity index (χ4n) is 6.29. The number of guanidine groups is 1. The molecule has 4 aliphatic carbocycles. The van der Waals surface area contributed by atoms with E-state index in [0.29, 0.717) is 17.3 Å². The Morgan fingerprint density at radius 2 is 2.07 bits per heavy atom. The van der Waals surface area contributed by atoms with Gasteiger partial charge in [0.25, 0.3) is 0 Å². The molecule has 154 valence electrons. The molecule has 1 aromatic carbocycles. The molecular weight excluding hydrogens is 356 g/mol. The molecule has 0 aliphatic heterocycles. The molecule has 0 amide bonds. The molecule has 0 radical (unpaired) electrons. The maximum absolute atomic E-state index is 9.21. The highest BCUT2D eigenvalue weighted by molar-refractivity contribution is 5.94. The lowest BCUT2D eigenvalue weighted by molar-refractivity contribution is 0.210. The van der Waals surface area contributed by atoms with E-state index in [9.17, 15) is 5.26 Å². The van der Waals surface area contributed by atoms with Crippen LogP contribution in [0.5, 0.6) is 0 Å². The highest BCUT2D eigenvalue weighted by Crippen LogP contribution is 2.65. The van der Waals surface area contributed by atoms with Crippen LogP contribution in [0.4, 0.5) is 5.69 Å². The van der Waals surface area contributed by atoms with Gasteiger partial charge in [0.2, 0.25) is 5.96 Å². The molecule has 0 spiro atoms. The lowest BCUT2D eigenvalue weighted by Crippen LogP contribution is -2.31. The van der Waals surface area contributed by atoms with Gasteiger partial charge in [0.1, 0.15) is 0 Å². The molecule has 1 aromatic rings. The van der Waals surface area contributed by atoms with Crippen LogP contribution in [0.25, 0.3) is 6.08 Å². The second kappa shape index (κ2) is 8.22. The van der Waals surface area contributed by atoms with Gasteiger partial charge in [-0.25, -0.2) is 0 Å². The van der Waals surface area contributed by atoms with Crippen molar-refractivity contribution >= 4 is 17.7 Å². The van der Waals surface area contributed by atoms with E-state index in [1.807, 2.05) is 12.3 Å². The number of nitriles is 1. The first kappa shape index (κ1) is 20.0. The number of nitrogens with zero attached hydrogens (tertiary/aromatic N) is 2. The van der Waals surface area contributed by atoms with Crippen molar-refractivity contribution in [3.05, 3.63) is 35.9 Å². The average molecular weight is 391 g/mol. The highest BCUT2D eigenvalue weighted by Gasteiger charge is 2.57. The molecule has 0 saturated heterocycles. The lowest BCUT2D eigenvalue weighted by Gasteiger charge is -2.31. The van der Waals surface area contributed by atoms with Crippen molar-refractivity contribution in [3.63, 3.8) is 0 Å². The van der Waals surface area contributed by atoms with Gasteiger partial charge in [-0.1, -0.05) is 32.6 Å². The summed E-state index contributed by atoms with van der Waals surface area (Å²) in [4.78, 5) is 4.86. The minimum atomic E-state index is 0.393. The summed E-state index contributed by atoms with van der Waals surface area (Å²) in [6.45, 7) is 9.32. The summed E-state index contributed by atoms with van der Waals surface area (Å²) < 4.78 is 0. The summed E-state index contributed by atoms with van der Waals surface area (Å²) in [5.41, 5.74) is 3.82.